The molecule has 74 valence electrons. The number of aromatic nitrogens is 1. The lowest BCUT2D eigenvalue weighted by atomic mass is 10.1. The molecule has 3 nitrogen and oxygen atoms in total. The van der Waals surface area contributed by atoms with Crippen LogP contribution in [0.5, 0.6) is 0 Å². The van der Waals surface area contributed by atoms with E-state index in [0.29, 0.717) is 0 Å². The summed E-state index contributed by atoms with van der Waals surface area (Å²) in [5.74, 6) is -0.958. The molecule has 0 aromatic carbocycles. The van der Waals surface area contributed by atoms with Crippen LogP contribution >= 0.6 is 0 Å². The minimum Gasteiger partial charge on any atom is -0.478 e. The van der Waals surface area contributed by atoms with Crippen LogP contribution < -0.4 is 0 Å². The number of pyridine rings is 1. The molecule has 0 spiro atoms. The van der Waals surface area contributed by atoms with Crippen LogP contribution in [0.4, 0.5) is 0 Å². The van der Waals surface area contributed by atoms with Crippen molar-refractivity contribution in [1.29, 1.82) is 0 Å². The van der Waals surface area contributed by atoms with Crippen LogP contribution in [0, 0.1) is 0 Å². The number of carbonyl (C=O) groups is 1. The molecular formula is C12H9NO2. The average Bonchev–Trinajstić information content (AvgIpc) is 2.18. The number of allylic oxidation sites excluding steroid dienone is 4. The molecule has 1 aliphatic rings. The Kier molecular flexibility index (Phi) is 2.46. The minimum absolute atomic E-state index is 0.205. The Morgan fingerprint density at radius 3 is 2.60 bits per heavy atom. The summed E-state index contributed by atoms with van der Waals surface area (Å²) < 4.78 is 0. The van der Waals surface area contributed by atoms with E-state index in [-0.39, 0.29) is 5.56 Å². The molecule has 3 heteroatoms. The van der Waals surface area contributed by atoms with Gasteiger partial charge in [-0.1, -0.05) is 30.4 Å². The molecule has 0 unspecified atom stereocenters. The lowest BCUT2D eigenvalue weighted by Crippen LogP contribution is -1.99. The van der Waals surface area contributed by atoms with E-state index in [9.17, 15) is 4.79 Å². The topological polar surface area (TPSA) is 50.2 Å². The van der Waals surface area contributed by atoms with Crippen molar-refractivity contribution in [2.24, 2.45) is 0 Å². The molecule has 1 aliphatic carbocycles. The van der Waals surface area contributed by atoms with Gasteiger partial charge in [-0.3, -0.25) is 4.98 Å². The third kappa shape index (κ3) is 2.02. The van der Waals surface area contributed by atoms with E-state index in [1.165, 1.54) is 6.20 Å². The smallest absolute Gasteiger partial charge is 0.337 e. The van der Waals surface area contributed by atoms with Crippen LogP contribution in [0.25, 0.3) is 12.2 Å². The van der Waals surface area contributed by atoms with Gasteiger partial charge in [0, 0.05) is 11.8 Å². The van der Waals surface area contributed by atoms with Gasteiger partial charge in [0.25, 0.3) is 0 Å². The van der Waals surface area contributed by atoms with Gasteiger partial charge in [-0.15, -0.1) is 0 Å². The maximum atomic E-state index is 10.7. The van der Waals surface area contributed by atoms with Crippen molar-refractivity contribution in [2.45, 2.75) is 0 Å². The van der Waals surface area contributed by atoms with E-state index < -0.39 is 5.97 Å². The molecule has 0 aliphatic heterocycles. The number of rotatable bonds is 1. The van der Waals surface area contributed by atoms with Gasteiger partial charge in [0.1, 0.15) is 0 Å². The Balaban J connectivity index is 2.53. The Hall–Kier alpha value is -2.16. The molecule has 0 fully saturated rings. The fraction of sp³-hybridized carbons (Fsp3) is 0. The van der Waals surface area contributed by atoms with E-state index >= 15 is 0 Å². The normalized spacial score (nSPS) is 13.1. The summed E-state index contributed by atoms with van der Waals surface area (Å²) in [7, 11) is 0. The molecular weight excluding hydrogens is 190 g/mol. The first-order valence-electron chi connectivity index (χ1n) is 4.52. The molecule has 1 heterocycles. The van der Waals surface area contributed by atoms with E-state index in [1.54, 1.807) is 6.07 Å². The standard InChI is InChI=1S/C12H9NO2/c14-12(15)10-7-9-5-3-1-2-4-6-11(9)13-8-10/h1-8H,(H,14,15). The van der Waals surface area contributed by atoms with E-state index in [4.69, 9.17) is 5.11 Å². The zero-order valence-corrected chi connectivity index (χ0v) is 7.92. The highest BCUT2D eigenvalue weighted by molar-refractivity contribution is 5.88. The molecule has 0 saturated carbocycles. The van der Waals surface area contributed by atoms with E-state index in [2.05, 4.69) is 4.98 Å². The SMILES string of the molecule is O=C(O)c1cnc2c(c1)C=CC=CC=C2. The maximum Gasteiger partial charge on any atom is 0.337 e. The van der Waals surface area contributed by atoms with Crippen LogP contribution in [-0.4, -0.2) is 16.1 Å². The summed E-state index contributed by atoms with van der Waals surface area (Å²) in [6.07, 6.45) is 12.6. The number of hydrogen-bond acceptors (Lipinski definition) is 2. The minimum atomic E-state index is -0.958. The number of hydrogen-bond donors (Lipinski definition) is 1. The maximum absolute atomic E-state index is 10.7. The summed E-state index contributed by atoms with van der Waals surface area (Å²) in [5, 5.41) is 8.82. The molecule has 1 N–H and O–H groups in total. The molecule has 0 bridgehead atoms. The van der Waals surface area contributed by atoms with Crippen molar-refractivity contribution in [2.75, 3.05) is 0 Å². The van der Waals surface area contributed by atoms with Crippen LogP contribution in [0.15, 0.2) is 36.6 Å². The molecule has 0 atom stereocenters. The Morgan fingerprint density at radius 2 is 1.87 bits per heavy atom. The van der Waals surface area contributed by atoms with Crippen molar-refractivity contribution in [1.82, 2.24) is 4.98 Å². The summed E-state index contributed by atoms with van der Waals surface area (Å²) in [6.45, 7) is 0. The predicted octanol–water partition coefficient (Wildman–Crippen LogP) is 2.38. The number of carboxylic acids is 1. The highest BCUT2D eigenvalue weighted by Gasteiger charge is 2.06. The number of carboxylic acid groups (broad SMARTS) is 1. The quantitative estimate of drug-likeness (QED) is 0.755. The highest BCUT2D eigenvalue weighted by atomic mass is 16.4. The van der Waals surface area contributed by atoms with Crippen LogP contribution in [0.2, 0.25) is 0 Å². The Morgan fingerprint density at radius 1 is 1.13 bits per heavy atom. The first-order valence-corrected chi connectivity index (χ1v) is 4.52. The third-order valence-electron chi connectivity index (χ3n) is 2.06. The number of nitrogens with zero attached hydrogens (tertiary/aromatic N) is 1. The lowest BCUT2D eigenvalue weighted by Gasteiger charge is -2.02. The molecule has 0 saturated heterocycles. The van der Waals surface area contributed by atoms with Gasteiger partial charge in [-0.2, -0.15) is 0 Å². The van der Waals surface area contributed by atoms with Gasteiger partial charge in [-0.05, 0) is 12.1 Å². The second-order valence-electron chi connectivity index (χ2n) is 3.11. The third-order valence-corrected chi connectivity index (χ3v) is 2.06. The second kappa shape index (κ2) is 3.92. The van der Waals surface area contributed by atoms with Crippen molar-refractivity contribution in [3.63, 3.8) is 0 Å². The summed E-state index contributed by atoms with van der Waals surface area (Å²) >= 11 is 0. The Bertz CT molecular complexity index is 484. The van der Waals surface area contributed by atoms with Gasteiger partial charge in [-0.25, -0.2) is 4.79 Å². The number of aromatic carboxylic acids is 1. The molecule has 2 rings (SSSR count). The molecule has 0 radical (unpaired) electrons. The summed E-state index contributed by atoms with van der Waals surface area (Å²) in [6, 6.07) is 1.62. The fourth-order valence-electron chi connectivity index (χ4n) is 1.32. The largest absolute Gasteiger partial charge is 0.478 e. The van der Waals surface area contributed by atoms with E-state index in [1.807, 2.05) is 36.5 Å². The fourth-order valence-corrected chi connectivity index (χ4v) is 1.32. The molecule has 0 amide bonds. The van der Waals surface area contributed by atoms with Crippen molar-refractivity contribution < 1.29 is 9.90 Å². The van der Waals surface area contributed by atoms with Crippen molar-refractivity contribution >= 4 is 18.1 Å². The van der Waals surface area contributed by atoms with Crippen LogP contribution in [0.1, 0.15) is 21.6 Å². The summed E-state index contributed by atoms with van der Waals surface area (Å²) in [4.78, 5) is 14.8. The molecule has 15 heavy (non-hydrogen) atoms. The molecule has 1 aromatic heterocycles. The van der Waals surface area contributed by atoms with Gasteiger partial charge in [0.2, 0.25) is 0 Å². The zero-order chi connectivity index (χ0) is 10.7. The average molecular weight is 199 g/mol. The van der Waals surface area contributed by atoms with Gasteiger partial charge in [0.05, 0.1) is 11.3 Å². The van der Waals surface area contributed by atoms with Gasteiger partial charge >= 0.3 is 5.97 Å². The van der Waals surface area contributed by atoms with Gasteiger partial charge in [0.15, 0.2) is 0 Å². The zero-order valence-electron chi connectivity index (χ0n) is 7.92. The first-order chi connectivity index (χ1) is 7.27. The first kappa shape index (κ1) is 9.40. The monoisotopic (exact) mass is 199 g/mol. The van der Waals surface area contributed by atoms with Crippen LogP contribution in [-0.2, 0) is 0 Å². The van der Waals surface area contributed by atoms with Crippen molar-refractivity contribution in [3.8, 4) is 0 Å². The van der Waals surface area contributed by atoms with Crippen LogP contribution in [0.3, 0.4) is 0 Å². The summed E-state index contributed by atoms with van der Waals surface area (Å²) in [5.41, 5.74) is 1.80. The molecule has 1 aromatic rings. The highest BCUT2D eigenvalue weighted by Crippen LogP contribution is 2.14. The van der Waals surface area contributed by atoms with Crippen molar-refractivity contribution in [3.05, 3.63) is 53.4 Å². The Labute approximate surface area is 87.1 Å². The lowest BCUT2D eigenvalue weighted by molar-refractivity contribution is 0.0696. The number of fused-ring (bicyclic) bond motifs is 1. The predicted molar refractivity (Wildman–Crippen MR) is 58.4 cm³/mol. The van der Waals surface area contributed by atoms with E-state index in [0.717, 1.165) is 11.3 Å². The van der Waals surface area contributed by atoms with Gasteiger partial charge < -0.3 is 5.11 Å². The second-order valence-corrected chi connectivity index (χ2v) is 3.11.